The summed E-state index contributed by atoms with van der Waals surface area (Å²) in [5.74, 6) is -0.158. The molecule has 1 fully saturated rings. The molecule has 0 spiro atoms. The Labute approximate surface area is 148 Å². The van der Waals surface area contributed by atoms with E-state index in [0.29, 0.717) is 6.42 Å². The number of benzene rings is 1. The number of para-hydroxylation sites is 1. The Morgan fingerprint density at radius 1 is 1.28 bits per heavy atom. The van der Waals surface area contributed by atoms with Crippen molar-refractivity contribution in [3.8, 4) is 0 Å². The van der Waals surface area contributed by atoms with Gasteiger partial charge >= 0.3 is 0 Å². The van der Waals surface area contributed by atoms with Crippen LogP contribution in [-0.2, 0) is 21.5 Å². The van der Waals surface area contributed by atoms with Crippen molar-refractivity contribution in [2.24, 2.45) is 0 Å². The smallest absolute Gasteiger partial charge is 0.245 e. The Morgan fingerprint density at radius 2 is 1.96 bits per heavy atom. The van der Waals surface area contributed by atoms with Crippen LogP contribution in [0.15, 0.2) is 43.1 Å². The van der Waals surface area contributed by atoms with Crippen molar-refractivity contribution < 1.29 is 9.59 Å². The summed E-state index contributed by atoms with van der Waals surface area (Å²) in [4.78, 5) is 26.2. The number of allylic oxidation sites excluding steroid dienone is 1. The van der Waals surface area contributed by atoms with Crippen LogP contribution in [0.5, 0.6) is 0 Å². The highest BCUT2D eigenvalue weighted by Gasteiger charge is 2.36. The fraction of sp³-hybridized carbons (Fsp3) is 0.400. The second kappa shape index (κ2) is 6.06. The molecule has 1 aromatic heterocycles. The number of amides is 2. The Kier molecular flexibility index (Phi) is 4.19. The molecule has 132 valence electrons. The van der Waals surface area contributed by atoms with Gasteiger partial charge in [-0.05, 0) is 32.4 Å². The predicted octanol–water partition coefficient (Wildman–Crippen LogP) is 2.45. The molecular weight excluding hydrogens is 314 g/mol. The second-order valence-electron chi connectivity index (χ2n) is 7.29. The molecule has 2 aromatic rings. The molecule has 0 aliphatic carbocycles. The average molecular weight is 339 g/mol. The van der Waals surface area contributed by atoms with Crippen LogP contribution < -0.4 is 5.32 Å². The van der Waals surface area contributed by atoms with Crippen LogP contribution in [0.2, 0.25) is 0 Å². The lowest BCUT2D eigenvalue weighted by molar-refractivity contribution is -0.146. The Bertz CT molecular complexity index is 850. The summed E-state index contributed by atoms with van der Waals surface area (Å²) in [6, 6.07) is 7.17. The molecular formula is C20H25N3O2. The number of hydrogen-bond donors (Lipinski definition) is 1. The van der Waals surface area contributed by atoms with Crippen LogP contribution in [0.1, 0.15) is 26.3 Å². The minimum atomic E-state index is -0.528. The lowest BCUT2D eigenvalue weighted by atomic mass is 10.0. The number of aromatic nitrogens is 1. The van der Waals surface area contributed by atoms with Crippen molar-refractivity contribution in [1.82, 2.24) is 14.8 Å². The zero-order valence-corrected chi connectivity index (χ0v) is 15.2. The molecule has 0 unspecified atom stereocenters. The van der Waals surface area contributed by atoms with Gasteiger partial charge in [0.25, 0.3) is 0 Å². The van der Waals surface area contributed by atoms with Crippen molar-refractivity contribution in [2.45, 2.75) is 44.8 Å². The number of carbonyl (C=O) groups excluding carboxylic acids is 2. The third-order valence-corrected chi connectivity index (χ3v) is 5.26. The third kappa shape index (κ3) is 2.84. The summed E-state index contributed by atoms with van der Waals surface area (Å²) in [7, 11) is 1.68. The number of fused-ring (bicyclic) bond motifs is 1. The maximum atomic E-state index is 12.6. The van der Waals surface area contributed by atoms with E-state index in [4.69, 9.17) is 0 Å². The first-order valence-corrected chi connectivity index (χ1v) is 8.56. The van der Waals surface area contributed by atoms with Gasteiger partial charge in [-0.2, -0.15) is 0 Å². The van der Waals surface area contributed by atoms with Gasteiger partial charge < -0.3 is 14.8 Å². The lowest BCUT2D eigenvalue weighted by Gasteiger charge is -2.34. The number of carbonyl (C=O) groups is 2. The van der Waals surface area contributed by atoms with Crippen molar-refractivity contribution in [2.75, 3.05) is 7.05 Å². The molecule has 5 nitrogen and oxygen atoms in total. The van der Waals surface area contributed by atoms with E-state index in [2.05, 4.69) is 48.6 Å². The molecule has 3 rings (SSSR count). The highest BCUT2D eigenvalue weighted by molar-refractivity contribution is 5.97. The van der Waals surface area contributed by atoms with Gasteiger partial charge in [0.05, 0.1) is 5.54 Å². The van der Waals surface area contributed by atoms with E-state index in [9.17, 15) is 9.59 Å². The monoisotopic (exact) mass is 339 g/mol. The number of hydrogen-bond acceptors (Lipinski definition) is 2. The van der Waals surface area contributed by atoms with Crippen LogP contribution in [0.25, 0.3) is 10.9 Å². The second-order valence-corrected chi connectivity index (χ2v) is 7.29. The molecule has 0 saturated carbocycles. The quantitative estimate of drug-likeness (QED) is 0.870. The fourth-order valence-corrected chi connectivity index (χ4v) is 3.31. The average Bonchev–Trinajstić information content (AvgIpc) is 2.97. The number of rotatable bonds is 4. The van der Waals surface area contributed by atoms with Crippen LogP contribution >= 0.6 is 0 Å². The first-order valence-electron chi connectivity index (χ1n) is 8.56. The van der Waals surface area contributed by atoms with E-state index in [1.807, 2.05) is 18.2 Å². The highest BCUT2D eigenvalue weighted by atomic mass is 16.2. The molecule has 1 aliphatic heterocycles. The molecule has 1 aliphatic rings. The zero-order chi connectivity index (χ0) is 18.4. The lowest BCUT2D eigenvalue weighted by Crippen LogP contribution is -2.61. The van der Waals surface area contributed by atoms with Crippen molar-refractivity contribution in [3.05, 3.63) is 48.7 Å². The van der Waals surface area contributed by atoms with Gasteiger partial charge in [-0.15, -0.1) is 6.58 Å². The van der Waals surface area contributed by atoms with E-state index in [0.717, 1.165) is 16.5 Å². The Hall–Kier alpha value is -2.56. The van der Waals surface area contributed by atoms with Gasteiger partial charge in [0.15, 0.2) is 0 Å². The molecule has 2 atom stereocenters. The van der Waals surface area contributed by atoms with E-state index >= 15 is 0 Å². The first kappa shape index (κ1) is 17.3. The maximum Gasteiger partial charge on any atom is 0.245 e. The van der Waals surface area contributed by atoms with Gasteiger partial charge in [-0.1, -0.05) is 24.3 Å². The summed E-state index contributed by atoms with van der Waals surface area (Å²) in [5.41, 5.74) is 1.90. The first-order chi connectivity index (χ1) is 11.8. The van der Waals surface area contributed by atoms with Crippen LogP contribution in [0.4, 0.5) is 0 Å². The molecule has 5 heteroatoms. The topological polar surface area (TPSA) is 54.3 Å². The Morgan fingerprint density at radius 3 is 2.64 bits per heavy atom. The molecule has 0 bridgehead atoms. The Balaban J connectivity index is 2.01. The van der Waals surface area contributed by atoms with E-state index in [1.54, 1.807) is 14.0 Å². The molecule has 2 heterocycles. The van der Waals surface area contributed by atoms with Crippen molar-refractivity contribution in [1.29, 1.82) is 0 Å². The molecule has 1 N–H and O–H groups in total. The summed E-state index contributed by atoms with van der Waals surface area (Å²) in [5, 5.41) is 3.96. The summed E-state index contributed by atoms with van der Waals surface area (Å²) < 4.78 is 2.17. The van der Waals surface area contributed by atoms with Gasteiger partial charge in [-0.3, -0.25) is 9.59 Å². The van der Waals surface area contributed by atoms with Gasteiger partial charge in [-0.25, -0.2) is 0 Å². The zero-order valence-electron chi connectivity index (χ0n) is 15.2. The minimum absolute atomic E-state index is 0.0492. The van der Waals surface area contributed by atoms with Crippen LogP contribution in [0.3, 0.4) is 0 Å². The fourth-order valence-electron chi connectivity index (χ4n) is 3.31. The third-order valence-electron chi connectivity index (χ3n) is 5.26. The molecule has 0 radical (unpaired) electrons. The van der Waals surface area contributed by atoms with Gasteiger partial charge in [0, 0.05) is 30.6 Å². The molecule has 1 saturated heterocycles. The minimum Gasteiger partial charge on any atom is -0.342 e. The SMILES string of the molecule is C=CC(C)(C)n1cc(C[C@@H]2NC(=O)[C@H](C)N(C)C2=O)c2ccccc21. The molecule has 25 heavy (non-hydrogen) atoms. The largest absolute Gasteiger partial charge is 0.342 e. The summed E-state index contributed by atoms with van der Waals surface area (Å²) in [6.07, 6.45) is 4.46. The standard InChI is InChI=1S/C20H25N3O2/c1-6-20(3,4)23-12-14(15-9-7-8-10-17(15)23)11-16-19(25)22(5)13(2)18(24)21-16/h6-10,12-13,16H,1,11H2,2-5H3,(H,21,24)/t13-,16-/m0/s1. The van der Waals surface area contributed by atoms with E-state index < -0.39 is 12.1 Å². The number of likely N-dealkylation sites (N-methyl/N-ethyl adjacent to an activating group) is 1. The maximum absolute atomic E-state index is 12.6. The van der Waals surface area contributed by atoms with Crippen LogP contribution in [0, 0.1) is 0 Å². The highest BCUT2D eigenvalue weighted by Crippen LogP contribution is 2.29. The summed E-state index contributed by atoms with van der Waals surface area (Å²) >= 11 is 0. The normalized spacial score (nSPS) is 21.5. The predicted molar refractivity (Wildman–Crippen MR) is 99.3 cm³/mol. The number of nitrogens with one attached hydrogen (secondary N) is 1. The van der Waals surface area contributed by atoms with E-state index in [-0.39, 0.29) is 17.4 Å². The molecule has 2 amide bonds. The number of nitrogens with zero attached hydrogens (tertiary/aromatic N) is 2. The van der Waals surface area contributed by atoms with E-state index in [1.165, 1.54) is 4.90 Å². The van der Waals surface area contributed by atoms with Crippen LogP contribution in [-0.4, -0.2) is 40.4 Å². The van der Waals surface area contributed by atoms with Crippen molar-refractivity contribution in [3.63, 3.8) is 0 Å². The summed E-state index contributed by atoms with van der Waals surface area (Å²) in [6.45, 7) is 9.87. The number of piperazine rings is 1. The van der Waals surface area contributed by atoms with Crippen molar-refractivity contribution >= 4 is 22.7 Å². The van der Waals surface area contributed by atoms with Gasteiger partial charge in [0.1, 0.15) is 12.1 Å². The van der Waals surface area contributed by atoms with Gasteiger partial charge in [0.2, 0.25) is 11.8 Å². The molecule has 1 aromatic carbocycles.